The predicted molar refractivity (Wildman–Crippen MR) is 146 cm³/mol. The Kier molecular flexibility index (Phi) is 8.19. The first-order valence-corrected chi connectivity index (χ1v) is 12.3. The summed E-state index contributed by atoms with van der Waals surface area (Å²) in [5.74, 6) is 0.122. The van der Waals surface area contributed by atoms with Crippen LogP contribution < -0.4 is 9.64 Å². The highest BCUT2D eigenvalue weighted by Crippen LogP contribution is 2.45. The van der Waals surface area contributed by atoms with Gasteiger partial charge in [-0.15, -0.1) is 0 Å². The third kappa shape index (κ3) is 5.67. The van der Waals surface area contributed by atoms with Crippen molar-refractivity contribution in [1.82, 2.24) is 0 Å². The van der Waals surface area contributed by atoms with E-state index in [9.17, 15) is 4.79 Å². The second kappa shape index (κ2) is 11.7. The molecule has 0 atom stereocenters. The molecule has 0 unspecified atom stereocenters. The first-order chi connectivity index (χ1) is 17.5. The fourth-order valence-electron chi connectivity index (χ4n) is 4.53. The molecule has 0 saturated heterocycles. The maximum absolute atomic E-state index is 12.1. The molecule has 4 aromatic carbocycles. The summed E-state index contributed by atoms with van der Waals surface area (Å²) in [6.45, 7) is 1.95. The van der Waals surface area contributed by atoms with Crippen molar-refractivity contribution >= 4 is 11.7 Å². The number of anilines is 1. The Morgan fingerprint density at radius 1 is 0.778 bits per heavy atom. The molecule has 0 fully saturated rings. The minimum atomic E-state index is -0.976. The van der Waals surface area contributed by atoms with Gasteiger partial charge in [0.25, 0.3) is 0 Å². The van der Waals surface area contributed by atoms with Crippen molar-refractivity contribution in [2.24, 2.45) is 0 Å². The van der Waals surface area contributed by atoms with E-state index in [1.807, 2.05) is 73.6 Å². The van der Waals surface area contributed by atoms with Gasteiger partial charge in [-0.2, -0.15) is 0 Å². The van der Waals surface area contributed by atoms with E-state index in [0.29, 0.717) is 12.4 Å². The van der Waals surface area contributed by atoms with Crippen molar-refractivity contribution in [2.45, 2.75) is 25.4 Å². The maximum Gasteiger partial charge on any atom is 0.308 e. The van der Waals surface area contributed by atoms with E-state index in [1.54, 1.807) is 0 Å². The van der Waals surface area contributed by atoms with Gasteiger partial charge in [-0.1, -0.05) is 91.0 Å². The number of aryl methyl sites for hydroxylation is 1. The molecule has 0 aromatic heterocycles. The lowest BCUT2D eigenvalue weighted by atomic mass is 9.79. The van der Waals surface area contributed by atoms with E-state index >= 15 is 0 Å². The number of benzene rings is 4. The van der Waals surface area contributed by atoms with Crippen LogP contribution in [0.1, 0.15) is 35.6 Å². The molecule has 4 nitrogen and oxygen atoms in total. The molecule has 0 saturated carbocycles. The quantitative estimate of drug-likeness (QED) is 0.111. The molecule has 4 heteroatoms. The van der Waals surface area contributed by atoms with Crippen LogP contribution in [-0.4, -0.2) is 26.7 Å². The second-order valence-electron chi connectivity index (χ2n) is 9.02. The van der Waals surface area contributed by atoms with E-state index in [-0.39, 0.29) is 5.97 Å². The van der Waals surface area contributed by atoms with Crippen LogP contribution in [0.2, 0.25) is 0 Å². The number of carbonyl (C=O) groups is 1. The molecule has 0 aliphatic rings. The molecule has 184 valence electrons. The summed E-state index contributed by atoms with van der Waals surface area (Å²) in [7, 11) is 4.00. The average molecular weight is 480 g/mol. The van der Waals surface area contributed by atoms with Gasteiger partial charge in [-0.3, -0.25) is 4.79 Å². The summed E-state index contributed by atoms with van der Waals surface area (Å²) in [6.07, 6.45) is 1.76. The first-order valence-electron chi connectivity index (χ1n) is 12.3. The summed E-state index contributed by atoms with van der Waals surface area (Å²) in [5, 5.41) is 0. The van der Waals surface area contributed by atoms with Crippen LogP contribution >= 0.6 is 0 Å². The van der Waals surface area contributed by atoms with Crippen molar-refractivity contribution in [3.8, 4) is 5.75 Å². The third-order valence-corrected chi connectivity index (χ3v) is 6.24. The van der Waals surface area contributed by atoms with Crippen LogP contribution in [0.5, 0.6) is 5.75 Å². The second-order valence-corrected chi connectivity index (χ2v) is 9.02. The fourth-order valence-corrected chi connectivity index (χ4v) is 4.53. The Morgan fingerprint density at radius 2 is 1.33 bits per heavy atom. The molecule has 0 amide bonds. The molecule has 4 rings (SSSR count). The first kappa shape index (κ1) is 25.2. The Bertz CT molecular complexity index is 1220. The highest BCUT2D eigenvalue weighted by atomic mass is 16.5. The molecule has 0 N–H and O–H groups in total. The van der Waals surface area contributed by atoms with E-state index in [1.165, 1.54) is 12.5 Å². The largest absolute Gasteiger partial charge is 0.426 e. The highest BCUT2D eigenvalue weighted by Gasteiger charge is 2.40. The van der Waals surface area contributed by atoms with Gasteiger partial charge >= 0.3 is 5.97 Å². The van der Waals surface area contributed by atoms with E-state index in [2.05, 4.69) is 54.6 Å². The molecular weight excluding hydrogens is 446 g/mol. The monoisotopic (exact) mass is 479 g/mol. The molecule has 0 aliphatic carbocycles. The van der Waals surface area contributed by atoms with Crippen molar-refractivity contribution in [1.29, 1.82) is 0 Å². The van der Waals surface area contributed by atoms with Crippen LogP contribution in [-0.2, 0) is 21.6 Å². The van der Waals surface area contributed by atoms with Gasteiger partial charge in [-0.05, 0) is 47.7 Å². The minimum absolute atomic E-state index is 0.368. The number of hydrogen-bond donors (Lipinski definition) is 0. The van der Waals surface area contributed by atoms with Crippen LogP contribution in [0.4, 0.5) is 5.69 Å². The lowest BCUT2D eigenvalue weighted by molar-refractivity contribution is -0.132. The fraction of sp³-hybridized carbons (Fsp3) is 0.219. The Hall–Kier alpha value is -3.89. The lowest BCUT2D eigenvalue weighted by Gasteiger charge is -2.37. The van der Waals surface area contributed by atoms with Crippen molar-refractivity contribution in [2.75, 3.05) is 25.6 Å². The summed E-state index contributed by atoms with van der Waals surface area (Å²) >= 11 is 0. The predicted octanol–water partition coefficient (Wildman–Crippen LogP) is 6.62. The number of ether oxygens (including phenoxy) is 2. The molecule has 0 radical (unpaired) electrons. The van der Waals surface area contributed by atoms with E-state index < -0.39 is 5.60 Å². The topological polar surface area (TPSA) is 38.8 Å². The molecule has 0 aliphatic heterocycles. The number of nitrogens with zero attached hydrogens (tertiary/aromatic N) is 1. The van der Waals surface area contributed by atoms with Gasteiger partial charge in [0.15, 0.2) is 0 Å². The van der Waals surface area contributed by atoms with Gasteiger partial charge in [0.05, 0.1) is 0 Å². The Morgan fingerprint density at radius 3 is 1.86 bits per heavy atom. The van der Waals surface area contributed by atoms with Crippen molar-refractivity contribution in [3.63, 3.8) is 0 Å². The molecule has 36 heavy (non-hydrogen) atoms. The van der Waals surface area contributed by atoms with Crippen LogP contribution in [0, 0.1) is 0 Å². The van der Waals surface area contributed by atoms with Gasteiger partial charge in [0.1, 0.15) is 11.4 Å². The Balaban J connectivity index is 1.87. The lowest BCUT2D eigenvalue weighted by Crippen LogP contribution is -2.34. The zero-order chi connectivity index (χ0) is 25.4. The summed E-state index contributed by atoms with van der Waals surface area (Å²) in [5.41, 5.74) is 4.03. The van der Waals surface area contributed by atoms with E-state index in [4.69, 9.17) is 9.47 Å². The smallest absolute Gasteiger partial charge is 0.308 e. The Labute approximate surface area is 214 Å². The normalized spacial score (nSPS) is 11.2. The van der Waals surface area contributed by atoms with Crippen LogP contribution in [0.25, 0.3) is 0 Å². The zero-order valence-electron chi connectivity index (χ0n) is 21.2. The molecule has 0 heterocycles. The standard InChI is InChI=1S/C32H33NO3/c1-25(34)36-31-22-21-29(33(2)3)24-30(31)32(27-17-9-5-10-18-27,28-19-11-6-12-20-28)35-23-13-16-26-14-7-4-8-15-26/h4-12,14-15,17-22,24H,13,16,23H2,1-3H3. The zero-order valence-corrected chi connectivity index (χ0v) is 21.2. The SMILES string of the molecule is CC(=O)Oc1ccc(N(C)C)cc1C(OCCCc1ccccc1)(c1ccccc1)c1ccccc1. The summed E-state index contributed by atoms with van der Waals surface area (Å²) in [4.78, 5) is 14.2. The summed E-state index contributed by atoms with van der Waals surface area (Å²) in [6, 6.07) is 36.7. The third-order valence-electron chi connectivity index (χ3n) is 6.24. The minimum Gasteiger partial charge on any atom is -0.426 e. The molecule has 0 spiro atoms. The molecule has 0 bridgehead atoms. The van der Waals surface area contributed by atoms with Gasteiger partial charge in [0, 0.05) is 38.9 Å². The van der Waals surface area contributed by atoms with Crippen molar-refractivity contribution < 1.29 is 14.3 Å². The number of rotatable bonds is 10. The van der Waals surface area contributed by atoms with Crippen LogP contribution in [0.15, 0.2) is 109 Å². The number of hydrogen-bond acceptors (Lipinski definition) is 4. The van der Waals surface area contributed by atoms with Gasteiger partial charge in [-0.25, -0.2) is 0 Å². The van der Waals surface area contributed by atoms with Crippen molar-refractivity contribution in [3.05, 3.63) is 131 Å². The van der Waals surface area contributed by atoms with Crippen LogP contribution in [0.3, 0.4) is 0 Å². The highest BCUT2D eigenvalue weighted by molar-refractivity contribution is 5.71. The van der Waals surface area contributed by atoms with Gasteiger partial charge in [0.2, 0.25) is 0 Å². The summed E-state index contributed by atoms with van der Waals surface area (Å²) < 4.78 is 12.7. The maximum atomic E-state index is 12.1. The number of esters is 1. The van der Waals surface area contributed by atoms with Gasteiger partial charge < -0.3 is 14.4 Å². The van der Waals surface area contributed by atoms with E-state index in [0.717, 1.165) is 35.2 Å². The average Bonchev–Trinajstić information content (AvgIpc) is 2.90. The molecular formula is C32H33NO3. The number of carbonyl (C=O) groups excluding carboxylic acids is 1. The molecule has 4 aromatic rings.